The number of halogens is 1. The van der Waals surface area contributed by atoms with Crippen molar-refractivity contribution in [2.45, 2.75) is 11.3 Å². The van der Waals surface area contributed by atoms with Crippen LogP contribution in [0.2, 0.25) is 5.02 Å². The van der Waals surface area contributed by atoms with E-state index in [-0.39, 0.29) is 11.2 Å². The van der Waals surface area contributed by atoms with E-state index in [1.54, 1.807) is 54.5 Å². The average Bonchev–Trinajstić information content (AvgIpc) is 3.31. The van der Waals surface area contributed by atoms with Crippen molar-refractivity contribution in [3.05, 3.63) is 58.6 Å². The number of nitrogens with zero attached hydrogens (tertiary/aromatic N) is 1. The molecule has 2 aromatic carbocycles. The molecule has 2 amide bonds. The Balaban J connectivity index is 1.57. The largest absolute Gasteiger partial charge is 0.497 e. The number of methoxy groups -OCH3 is 2. The molecule has 0 radical (unpaired) electrons. The van der Waals surface area contributed by atoms with E-state index in [0.717, 1.165) is 5.70 Å². The number of carbonyl (C=O) groups excluding carboxylic acids is 2. The molecular weight excluding hydrogens is 448 g/mol. The van der Waals surface area contributed by atoms with Gasteiger partial charge in [-0.3, -0.25) is 9.69 Å². The Labute approximate surface area is 186 Å². The minimum Gasteiger partial charge on any atom is -0.497 e. The van der Waals surface area contributed by atoms with Crippen LogP contribution in [0.1, 0.15) is 0 Å². The topological polar surface area (TPSA) is 77.1 Å². The molecule has 0 bridgehead atoms. The second-order valence-electron chi connectivity index (χ2n) is 6.33. The molecule has 0 aliphatic carbocycles. The fraction of sp³-hybridized carbons (Fsp3) is 0.200. The monoisotopic (exact) mass is 464 g/mol. The first-order valence-corrected chi connectivity index (χ1v) is 11.5. The Morgan fingerprint density at radius 1 is 1.10 bits per heavy atom. The second-order valence-corrected chi connectivity index (χ2v) is 9.05. The van der Waals surface area contributed by atoms with Gasteiger partial charge in [0.05, 0.1) is 25.2 Å². The smallest absolute Gasteiger partial charge is 0.413 e. The van der Waals surface area contributed by atoms with Crippen LogP contribution < -0.4 is 24.4 Å². The van der Waals surface area contributed by atoms with Gasteiger partial charge in [0.2, 0.25) is 0 Å². The predicted octanol–water partition coefficient (Wildman–Crippen LogP) is 4.47. The predicted molar refractivity (Wildman–Crippen MR) is 118 cm³/mol. The molecule has 1 saturated heterocycles. The Kier molecular flexibility index (Phi) is 6.03. The van der Waals surface area contributed by atoms with Crippen molar-refractivity contribution in [1.82, 2.24) is 5.32 Å². The Morgan fingerprint density at radius 3 is 2.53 bits per heavy atom. The van der Waals surface area contributed by atoms with Gasteiger partial charge in [0.25, 0.3) is 5.91 Å². The summed E-state index contributed by atoms with van der Waals surface area (Å²) in [6.07, 6.45) is -0.712. The van der Waals surface area contributed by atoms with Crippen molar-refractivity contribution in [1.29, 1.82) is 0 Å². The van der Waals surface area contributed by atoms with Gasteiger partial charge in [0, 0.05) is 22.2 Å². The zero-order valence-electron chi connectivity index (χ0n) is 16.0. The maximum absolute atomic E-state index is 13.3. The first-order chi connectivity index (χ1) is 14.5. The van der Waals surface area contributed by atoms with Gasteiger partial charge in [-0.05, 0) is 36.4 Å². The van der Waals surface area contributed by atoms with Gasteiger partial charge in [-0.2, -0.15) is 0 Å². The molecule has 2 atom stereocenters. The van der Waals surface area contributed by atoms with E-state index >= 15 is 0 Å². The highest BCUT2D eigenvalue weighted by Gasteiger charge is 2.49. The number of amides is 2. The van der Waals surface area contributed by atoms with E-state index in [4.69, 9.17) is 25.8 Å². The molecule has 0 saturated carbocycles. The van der Waals surface area contributed by atoms with Gasteiger partial charge in [-0.25, -0.2) is 4.79 Å². The summed E-state index contributed by atoms with van der Waals surface area (Å²) in [5.41, 5.74) is 1.37. The van der Waals surface area contributed by atoms with Crippen molar-refractivity contribution in [2.75, 3.05) is 19.1 Å². The number of rotatable bonds is 5. The zero-order chi connectivity index (χ0) is 21.3. The number of ether oxygens (including phenoxy) is 3. The molecule has 1 N–H and O–H groups in total. The summed E-state index contributed by atoms with van der Waals surface area (Å²) >= 11 is 5.85. The van der Waals surface area contributed by atoms with E-state index < -0.39 is 12.1 Å². The summed E-state index contributed by atoms with van der Waals surface area (Å²) < 4.78 is 16.0. The highest BCUT2D eigenvalue weighted by Crippen LogP contribution is 2.50. The summed E-state index contributed by atoms with van der Waals surface area (Å²) in [5, 5.41) is 4.89. The van der Waals surface area contributed by atoms with Gasteiger partial charge in [-0.15, -0.1) is 0 Å². The number of anilines is 1. The van der Waals surface area contributed by atoms with Crippen LogP contribution in [0.4, 0.5) is 10.5 Å². The first-order valence-electron chi connectivity index (χ1n) is 8.84. The molecule has 0 aromatic heterocycles. The van der Waals surface area contributed by atoms with Crippen molar-refractivity contribution in [3.8, 4) is 17.2 Å². The van der Waals surface area contributed by atoms with Gasteiger partial charge in [0.15, 0.2) is 0 Å². The molecule has 7 nitrogen and oxygen atoms in total. The molecule has 10 heteroatoms. The van der Waals surface area contributed by atoms with Crippen molar-refractivity contribution in [3.63, 3.8) is 0 Å². The molecule has 4 rings (SSSR count). The summed E-state index contributed by atoms with van der Waals surface area (Å²) in [4.78, 5) is 27.3. The molecule has 2 heterocycles. The Morgan fingerprint density at radius 2 is 1.83 bits per heavy atom. The highest BCUT2D eigenvalue weighted by atomic mass is 35.5. The molecular formula is C20H17ClN2O5S2. The minimum absolute atomic E-state index is 0.243. The molecule has 30 heavy (non-hydrogen) atoms. The van der Waals surface area contributed by atoms with E-state index in [0.29, 0.717) is 28.0 Å². The Bertz CT molecular complexity index is 1010. The molecule has 2 aromatic rings. The third-order valence-electron chi connectivity index (χ3n) is 4.59. The molecule has 2 unspecified atom stereocenters. The first kappa shape index (κ1) is 20.8. The lowest BCUT2D eigenvalue weighted by Gasteiger charge is -2.21. The van der Waals surface area contributed by atoms with Crippen LogP contribution in [0.25, 0.3) is 0 Å². The highest BCUT2D eigenvalue weighted by molar-refractivity contribution is 8.78. The van der Waals surface area contributed by atoms with E-state index in [9.17, 15) is 9.59 Å². The van der Waals surface area contributed by atoms with E-state index in [1.165, 1.54) is 28.7 Å². The number of carbonyl (C=O) groups is 2. The van der Waals surface area contributed by atoms with Crippen molar-refractivity contribution in [2.24, 2.45) is 0 Å². The maximum atomic E-state index is 13.3. The fourth-order valence-corrected chi connectivity index (χ4v) is 5.94. The van der Waals surface area contributed by atoms with E-state index in [1.807, 2.05) is 5.41 Å². The van der Waals surface area contributed by atoms with Crippen LogP contribution in [-0.2, 0) is 4.79 Å². The van der Waals surface area contributed by atoms with Crippen LogP contribution in [0.5, 0.6) is 17.2 Å². The minimum atomic E-state index is -0.775. The molecule has 0 spiro atoms. The fourth-order valence-electron chi connectivity index (χ4n) is 3.19. The van der Waals surface area contributed by atoms with Gasteiger partial charge in [-0.1, -0.05) is 33.2 Å². The number of hydrogen-bond acceptors (Lipinski definition) is 7. The number of fused-ring (bicyclic) bond motifs is 1. The molecule has 2 aliphatic rings. The average molecular weight is 465 g/mol. The lowest BCUT2D eigenvalue weighted by molar-refractivity contribution is -0.118. The number of benzene rings is 2. The SMILES string of the molecule is COc1ccc(N2C(=O)C(NC(=O)Oc3ccc(Cl)cc3)C3SSC=C32)c(OC)c1. The van der Waals surface area contributed by atoms with Crippen molar-refractivity contribution < 1.29 is 23.8 Å². The van der Waals surface area contributed by atoms with Gasteiger partial charge in [0.1, 0.15) is 23.3 Å². The molecule has 2 aliphatic heterocycles. The quantitative estimate of drug-likeness (QED) is 0.654. The summed E-state index contributed by atoms with van der Waals surface area (Å²) in [6, 6.07) is 10.9. The third kappa shape index (κ3) is 3.92. The Hall–Kier alpha value is -2.49. The number of hydrogen-bond donors (Lipinski definition) is 1. The third-order valence-corrected chi connectivity index (χ3v) is 7.26. The lowest BCUT2D eigenvalue weighted by atomic mass is 10.2. The summed E-state index contributed by atoms with van der Waals surface area (Å²) in [7, 11) is 6.11. The van der Waals surface area contributed by atoms with Gasteiger partial charge >= 0.3 is 6.09 Å². The van der Waals surface area contributed by atoms with Crippen LogP contribution in [-0.4, -0.2) is 37.5 Å². The van der Waals surface area contributed by atoms with E-state index in [2.05, 4.69) is 5.32 Å². The van der Waals surface area contributed by atoms with Crippen LogP contribution in [0, 0.1) is 0 Å². The molecule has 156 valence electrons. The summed E-state index contributed by atoms with van der Waals surface area (Å²) in [6.45, 7) is 0. The van der Waals surface area contributed by atoms with Crippen LogP contribution in [0.3, 0.4) is 0 Å². The van der Waals surface area contributed by atoms with Gasteiger partial charge < -0.3 is 19.5 Å². The maximum Gasteiger partial charge on any atom is 0.413 e. The summed E-state index contributed by atoms with van der Waals surface area (Å²) in [5.74, 6) is 1.17. The van der Waals surface area contributed by atoms with Crippen molar-refractivity contribution >= 4 is 50.9 Å². The number of nitrogens with one attached hydrogen (secondary N) is 1. The van der Waals surface area contributed by atoms with Crippen LogP contribution in [0.15, 0.2) is 53.6 Å². The normalized spacial score (nSPS) is 19.9. The lowest BCUT2D eigenvalue weighted by Crippen LogP contribution is -2.46. The second kappa shape index (κ2) is 8.71. The van der Waals surface area contributed by atoms with Crippen LogP contribution >= 0.6 is 33.2 Å². The zero-order valence-corrected chi connectivity index (χ0v) is 18.3. The standard InChI is InChI=1S/C20H17ClN2O5S2/c1-26-13-7-8-14(16(9-13)27-2)23-15-10-29-30-18(15)17(19(23)24)22-20(25)28-12-5-3-11(21)4-6-12/h3-10,17-18H,1-2H3,(H,22,25). The molecule has 1 fully saturated rings.